The number of hydrogen-bond acceptors (Lipinski definition) is 3. The minimum Gasteiger partial charge on any atom is -0.466 e. The topological polar surface area (TPSA) is 46.5 Å². The van der Waals surface area contributed by atoms with E-state index in [-0.39, 0.29) is 5.97 Å². The van der Waals surface area contributed by atoms with Gasteiger partial charge in [0.05, 0.1) is 7.11 Å². The number of carbonyl (C=O) groups excluding carboxylic acids is 1. The number of esters is 1. The molecule has 0 radical (unpaired) electrons. The molecule has 0 aromatic heterocycles. The zero-order valence-corrected chi connectivity index (χ0v) is 13.2. The molecule has 1 aliphatic rings. The van der Waals surface area contributed by atoms with Crippen molar-refractivity contribution in [3.8, 4) is 0 Å². The molecule has 19 heavy (non-hydrogen) atoms. The monoisotopic (exact) mass is 272 g/mol. The highest BCUT2D eigenvalue weighted by Crippen LogP contribution is 2.23. The van der Waals surface area contributed by atoms with Gasteiger partial charge < -0.3 is 9.84 Å². The highest BCUT2D eigenvalue weighted by Gasteiger charge is 2.12. The molecule has 1 aliphatic carbocycles. The summed E-state index contributed by atoms with van der Waals surface area (Å²) in [6.45, 7) is 6.53. The van der Waals surface area contributed by atoms with Gasteiger partial charge in [-0.15, -0.1) is 0 Å². The van der Waals surface area contributed by atoms with Crippen molar-refractivity contribution in [3.63, 3.8) is 0 Å². The number of carbonyl (C=O) groups is 1. The molecular formula is C16H32O3. The van der Waals surface area contributed by atoms with Crippen LogP contribution in [0.25, 0.3) is 0 Å². The molecule has 1 saturated carbocycles. The normalized spacial score (nSPS) is 14.4. The van der Waals surface area contributed by atoms with Crippen LogP contribution in [0.3, 0.4) is 0 Å². The molecule has 0 aromatic rings. The fourth-order valence-electron chi connectivity index (χ4n) is 1.76. The van der Waals surface area contributed by atoms with Gasteiger partial charge in [0, 0.05) is 12.7 Å². The van der Waals surface area contributed by atoms with Gasteiger partial charge in [0.15, 0.2) is 0 Å². The maximum absolute atomic E-state index is 10.5. The van der Waals surface area contributed by atoms with Gasteiger partial charge in [-0.1, -0.05) is 52.5 Å². The van der Waals surface area contributed by atoms with Crippen molar-refractivity contribution in [2.45, 2.75) is 65.7 Å². The first-order valence-electron chi connectivity index (χ1n) is 7.59. The summed E-state index contributed by atoms with van der Waals surface area (Å²) in [5.41, 5.74) is 0. The summed E-state index contributed by atoms with van der Waals surface area (Å²) in [4.78, 5) is 10.5. The molecule has 0 heterocycles. The lowest BCUT2D eigenvalue weighted by Gasteiger charge is -1.98. The number of rotatable bonds is 5. The molecule has 0 aromatic carbocycles. The lowest BCUT2D eigenvalue weighted by atomic mass is 10.1. The van der Waals surface area contributed by atoms with E-state index in [1.165, 1.54) is 38.9 Å². The summed E-state index contributed by atoms with van der Waals surface area (Å²) in [7, 11) is 1.38. The quantitative estimate of drug-likeness (QED) is 0.465. The SMILES string of the molecule is CC.CCCC/C=C/C(=O)OC.OCC1CCCC1. The van der Waals surface area contributed by atoms with Crippen molar-refractivity contribution < 1.29 is 14.6 Å². The van der Waals surface area contributed by atoms with Crippen LogP contribution in [0.5, 0.6) is 0 Å². The molecule has 0 aliphatic heterocycles. The van der Waals surface area contributed by atoms with Crippen LogP contribution < -0.4 is 0 Å². The van der Waals surface area contributed by atoms with Crippen molar-refractivity contribution in [3.05, 3.63) is 12.2 Å². The highest BCUT2D eigenvalue weighted by atomic mass is 16.5. The van der Waals surface area contributed by atoms with Gasteiger partial charge in [0.25, 0.3) is 0 Å². The minimum absolute atomic E-state index is 0.267. The predicted molar refractivity (Wildman–Crippen MR) is 81.1 cm³/mol. The van der Waals surface area contributed by atoms with Crippen LogP contribution in [0.4, 0.5) is 0 Å². The van der Waals surface area contributed by atoms with Crippen LogP contribution in [0.15, 0.2) is 12.2 Å². The molecule has 0 unspecified atom stereocenters. The number of methoxy groups -OCH3 is 1. The largest absolute Gasteiger partial charge is 0.466 e. The van der Waals surface area contributed by atoms with E-state index in [0.29, 0.717) is 12.5 Å². The van der Waals surface area contributed by atoms with Crippen molar-refractivity contribution in [1.29, 1.82) is 0 Å². The van der Waals surface area contributed by atoms with E-state index in [9.17, 15) is 4.79 Å². The maximum atomic E-state index is 10.5. The zero-order valence-electron chi connectivity index (χ0n) is 13.2. The number of aliphatic hydroxyl groups excluding tert-OH is 1. The first kappa shape index (κ1) is 20.5. The Hall–Kier alpha value is -0.830. The first-order valence-corrected chi connectivity index (χ1v) is 7.59. The van der Waals surface area contributed by atoms with Gasteiger partial charge in [-0.3, -0.25) is 0 Å². The summed E-state index contributed by atoms with van der Waals surface area (Å²) in [5, 5.41) is 8.57. The minimum atomic E-state index is -0.267. The van der Waals surface area contributed by atoms with Crippen molar-refractivity contribution in [1.82, 2.24) is 0 Å². The summed E-state index contributed by atoms with van der Waals surface area (Å²) in [5.74, 6) is 0.385. The Morgan fingerprint density at radius 1 is 1.32 bits per heavy atom. The molecule has 3 heteroatoms. The van der Waals surface area contributed by atoms with Gasteiger partial charge in [0.2, 0.25) is 0 Å². The Kier molecular flexibility index (Phi) is 18.5. The summed E-state index contributed by atoms with van der Waals surface area (Å²) < 4.78 is 4.40. The van der Waals surface area contributed by atoms with E-state index in [4.69, 9.17) is 5.11 Å². The molecule has 0 amide bonds. The van der Waals surface area contributed by atoms with E-state index in [1.54, 1.807) is 0 Å². The molecular weight excluding hydrogens is 240 g/mol. The highest BCUT2D eigenvalue weighted by molar-refractivity contribution is 5.81. The molecule has 114 valence electrons. The number of aliphatic hydroxyl groups is 1. The second-order valence-corrected chi connectivity index (χ2v) is 4.40. The van der Waals surface area contributed by atoms with E-state index >= 15 is 0 Å². The molecule has 3 nitrogen and oxygen atoms in total. The average Bonchev–Trinajstić information content (AvgIpc) is 2.99. The van der Waals surface area contributed by atoms with Gasteiger partial charge in [-0.25, -0.2) is 4.79 Å². The van der Waals surface area contributed by atoms with E-state index < -0.39 is 0 Å². The lowest BCUT2D eigenvalue weighted by molar-refractivity contribution is -0.134. The Labute approximate surface area is 119 Å². The van der Waals surface area contributed by atoms with Crippen molar-refractivity contribution in [2.24, 2.45) is 5.92 Å². The molecule has 0 atom stereocenters. The van der Waals surface area contributed by atoms with Crippen LogP contribution in [0.1, 0.15) is 65.7 Å². The number of allylic oxidation sites excluding steroid dienone is 1. The fraction of sp³-hybridized carbons (Fsp3) is 0.812. The number of unbranched alkanes of at least 4 members (excludes halogenated alkanes) is 2. The molecule has 1 fully saturated rings. The Morgan fingerprint density at radius 3 is 2.26 bits per heavy atom. The third kappa shape index (κ3) is 15.1. The fourth-order valence-corrected chi connectivity index (χ4v) is 1.76. The smallest absolute Gasteiger partial charge is 0.330 e. The van der Waals surface area contributed by atoms with Gasteiger partial charge >= 0.3 is 5.97 Å². The summed E-state index contributed by atoms with van der Waals surface area (Å²) in [6, 6.07) is 0. The second kappa shape index (κ2) is 17.2. The molecule has 0 saturated heterocycles. The van der Waals surface area contributed by atoms with Crippen molar-refractivity contribution >= 4 is 5.97 Å². The Morgan fingerprint density at radius 2 is 1.89 bits per heavy atom. The Bertz CT molecular complexity index is 206. The van der Waals surface area contributed by atoms with Crippen LogP contribution in [-0.4, -0.2) is 24.8 Å². The van der Waals surface area contributed by atoms with Gasteiger partial charge in [-0.2, -0.15) is 0 Å². The third-order valence-electron chi connectivity index (χ3n) is 2.91. The van der Waals surface area contributed by atoms with Gasteiger partial charge in [0.1, 0.15) is 0 Å². The maximum Gasteiger partial charge on any atom is 0.330 e. The van der Waals surface area contributed by atoms with Gasteiger partial charge in [-0.05, 0) is 25.2 Å². The average molecular weight is 272 g/mol. The van der Waals surface area contributed by atoms with E-state index in [1.807, 2.05) is 19.9 Å². The number of hydrogen-bond donors (Lipinski definition) is 1. The molecule has 0 bridgehead atoms. The van der Waals surface area contributed by atoms with Crippen LogP contribution in [-0.2, 0) is 9.53 Å². The van der Waals surface area contributed by atoms with Crippen LogP contribution >= 0.6 is 0 Å². The van der Waals surface area contributed by atoms with Crippen molar-refractivity contribution in [2.75, 3.05) is 13.7 Å². The summed E-state index contributed by atoms with van der Waals surface area (Å²) in [6.07, 6.45) is 11.8. The molecule has 1 N–H and O–H groups in total. The van der Waals surface area contributed by atoms with Crippen LogP contribution in [0.2, 0.25) is 0 Å². The van der Waals surface area contributed by atoms with Crippen LogP contribution in [0, 0.1) is 5.92 Å². The first-order chi connectivity index (χ1) is 9.24. The lowest BCUT2D eigenvalue weighted by Crippen LogP contribution is -1.97. The molecule has 1 rings (SSSR count). The third-order valence-corrected chi connectivity index (χ3v) is 2.91. The van der Waals surface area contributed by atoms with E-state index in [0.717, 1.165) is 19.3 Å². The zero-order chi connectivity index (χ0) is 14.9. The second-order valence-electron chi connectivity index (χ2n) is 4.40. The standard InChI is InChI=1S/C8H14O2.C6H12O.C2H6/c1-3-4-5-6-7-8(9)10-2;7-5-6-3-1-2-4-6;1-2/h6-7H,3-5H2,1-2H3;6-7H,1-5H2;1-2H3/b7-6+;;. The summed E-state index contributed by atoms with van der Waals surface area (Å²) >= 11 is 0. The number of ether oxygens (including phenoxy) is 1. The Balaban J connectivity index is 0. The molecule has 0 spiro atoms. The predicted octanol–water partition coefficient (Wildman–Crippen LogP) is 4.10. The van der Waals surface area contributed by atoms with E-state index in [2.05, 4.69) is 11.7 Å².